The second kappa shape index (κ2) is 7.09. The van der Waals surface area contributed by atoms with Crippen molar-refractivity contribution >= 4 is 45.0 Å². The molecule has 0 unspecified atom stereocenters. The van der Waals surface area contributed by atoms with Crippen LogP contribution >= 0.6 is 23.1 Å². The molecule has 0 fully saturated rings. The van der Waals surface area contributed by atoms with Crippen LogP contribution in [0.15, 0.2) is 0 Å². The topological polar surface area (TPSA) is 89.3 Å². The number of anilines is 1. The van der Waals surface area contributed by atoms with Crippen LogP contribution in [0.1, 0.15) is 47.0 Å². The van der Waals surface area contributed by atoms with Crippen LogP contribution in [-0.2, 0) is 22.4 Å². The SMILES string of the molecule is CC(=O)SCC(=O)Nc1sc2c(c1C(N)=O)CCCCC2. The molecule has 1 aliphatic rings. The number of thioether (sulfide) groups is 1. The predicted molar refractivity (Wildman–Crippen MR) is 85.9 cm³/mol. The Balaban J connectivity index is 2.21. The Bertz CT molecular complexity index is 581. The molecule has 1 aromatic heterocycles. The lowest BCUT2D eigenvalue weighted by atomic mass is 10.1. The molecule has 0 saturated carbocycles. The van der Waals surface area contributed by atoms with E-state index < -0.39 is 5.91 Å². The zero-order valence-electron chi connectivity index (χ0n) is 11.9. The highest BCUT2D eigenvalue weighted by molar-refractivity contribution is 8.14. The largest absolute Gasteiger partial charge is 0.365 e. The molecule has 1 aromatic rings. The number of aryl methyl sites for hydroxylation is 1. The third kappa shape index (κ3) is 4.07. The van der Waals surface area contributed by atoms with E-state index in [0.717, 1.165) is 54.3 Å². The van der Waals surface area contributed by atoms with E-state index in [9.17, 15) is 14.4 Å². The van der Waals surface area contributed by atoms with Crippen LogP contribution in [0.25, 0.3) is 0 Å². The highest BCUT2D eigenvalue weighted by Crippen LogP contribution is 2.37. The number of fused-ring (bicyclic) bond motifs is 1. The van der Waals surface area contributed by atoms with Crippen LogP contribution in [-0.4, -0.2) is 22.7 Å². The molecule has 0 saturated heterocycles. The maximum Gasteiger partial charge on any atom is 0.251 e. The monoisotopic (exact) mass is 326 g/mol. The van der Waals surface area contributed by atoms with Crippen molar-refractivity contribution in [2.45, 2.75) is 39.0 Å². The second-order valence-corrected chi connectivity index (χ2v) is 7.22. The number of rotatable bonds is 4. The van der Waals surface area contributed by atoms with E-state index in [4.69, 9.17) is 5.73 Å². The molecule has 0 bridgehead atoms. The third-order valence-electron chi connectivity index (χ3n) is 3.33. The molecule has 114 valence electrons. The molecular formula is C14H18N2O3S2. The first-order valence-corrected chi connectivity index (χ1v) is 8.66. The standard InChI is InChI=1S/C14H18N2O3S2/c1-8(17)20-7-11(18)16-14-12(13(15)19)9-5-3-2-4-6-10(9)21-14/h2-7H2,1H3,(H2,15,19)(H,16,18). The molecule has 1 heterocycles. The van der Waals surface area contributed by atoms with Gasteiger partial charge in [-0.15, -0.1) is 11.3 Å². The van der Waals surface area contributed by atoms with Crippen LogP contribution in [0.3, 0.4) is 0 Å². The summed E-state index contributed by atoms with van der Waals surface area (Å²) in [4.78, 5) is 35.6. The maximum atomic E-state index is 11.8. The summed E-state index contributed by atoms with van der Waals surface area (Å²) in [5.41, 5.74) is 6.95. The van der Waals surface area contributed by atoms with Crippen molar-refractivity contribution < 1.29 is 14.4 Å². The van der Waals surface area contributed by atoms with Crippen LogP contribution < -0.4 is 11.1 Å². The predicted octanol–water partition coefficient (Wildman–Crippen LogP) is 2.33. The van der Waals surface area contributed by atoms with Gasteiger partial charge < -0.3 is 11.1 Å². The summed E-state index contributed by atoms with van der Waals surface area (Å²) >= 11 is 2.39. The van der Waals surface area contributed by atoms with E-state index in [1.165, 1.54) is 18.3 Å². The summed E-state index contributed by atoms with van der Waals surface area (Å²) in [6.07, 6.45) is 5.05. The van der Waals surface area contributed by atoms with Gasteiger partial charge in [-0.1, -0.05) is 18.2 Å². The molecule has 0 atom stereocenters. The Morgan fingerprint density at radius 3 is 2.62 bits per heavy atom. The summed E-state index contributed by atoms with van der Waals surface area (Å²) in [7, 11) is 0. The summed E-state index contributed by atoms with van der Waals surface area (Å²) in [5.74, 6) is -0.728. The summed E-state index contributed by atoms with van der Waals surface area (Å²) in [6.45, 7) is 1.42. The Morgan fingerprint density at radius 1 is 1.24 bits per heavy atom. The zero-order valence-corrected chi connectivity index (χ0v) is 13.5. The van der Waals surface area contributed by atoms with Gasteiger partial charge in [0.05, 0.1) is 11.3 Å². The van der Waals surface area contributed by atoms with Crippen LogP contribution in [0.5, 0.6) is 0 Å². The fraction of sp³-hybridized carbons (Fsp3) is 0.500. The van der Waals surface area contributed by atoms with Gasteiger partial charge in [-0.05, 0) is 31.2 Å². The van der Waals surface area contributed by atoms with Gasteiger partial charge in [0.25, 0.3) is 5.91 Å². The molecule has 5 nitrogen and oxygen atoms in total. The van der Waals surface area contributed by atoms with Crippen molar-refractivity contribution in [3.05, 3.63) is 16.0 Å². The molecule has 3 N–H and O–H groups in total. The van der Waals surface area contributed by atoms with Gasteiger partial charge in [0.2, 0.25) is 5.91 Å². The summed E-state index contributed by atoms with van der Waals surface area (Å²) in [6, 6.07) is 0. The van der Waals surface area contributed by atoms with Crippen molar-refractivity contribution in [1.82, 2.24) is 0 Å². The van der Waals surface area contributed by atoms with E-state index in [1.54, 1.807) is 0 Å². The number of nitrogens with two attached hydrogens (primary N) is 1. The van der Waals surface area contributed by atoms with Gasteiger partial charge in [0.15, 0.2) is 5.12 Å². The van der Waals surface area contributed by atoms with Gasteiger partial charge in [-0.2, -0.15) is 0 Å². The molecular weight excluding hydrogens is 308 g/mol. The summed E-state index contributed by atoms with van der Waals surface area (Å²) in [5, 5.41) is 3.15. The van der Waals surface area contributed by atoms with Gasteiger partial charge in [-0.25, -0.2) is 0 Å². The van der Waals surface area contributed by atoms with Crippen molar-refractivity contribution in [3.63, 3.8) is 0 Å². The lowest BCUT2D eigenvalue weighted by molar-refractivity contribution is -0.114. The molecule has 1 aliphatic carbocycles. The van der Waals surface area contributed by atoms with Crippen LogP contribution in [0, 0.1) is 0 Å². The molecule has 0 radical (unpaired) electrons. The number of nitrogens with one attached hydrogen (secondary N) is 1. The van der Waals surface area contributed by atoms with Crippen molar-refractivity contribution in [2.75, 3.05) is 11.1 Å². The minimum atomic E-state index is -0.496. The lowest BCUT2D eigenvalue weighted by Gasteiger charge is -2.05. The van der Waals surface area contributed by atoms with Crippen LogP contribution in [0.4, 0.5) is 5.00 Å². The summed E-state index contributed by atoms with van der Waals surface area (Å²) < 4.78 is 0. The molecule has 0 spiro atoms. The number of thiophene rings is 1. The molecule has 7 heteroatoms. The molecule has 2 rings (SSSR count). The van der Waals surface area contributed by atoms with E-state index in [1.807, 2.05) is 0 Å². The number of carbonyl (C=O) groups excluding carboxylic acids is 3. The minimum Gasteiger partial charge on any atom is -0.365 e. The Kier molecular flexibility index (Phi) is 5.41. The van der Waals surface area contributed by atoms with Gasteiger partial charge in [0.1, 0.15) is 5.00 Å². The fourth-order valence-corrected chi connectivity index (χ4v) is 4.14. The first-order chi connectivity index (χ1) is 9.99. The Hall–Kier alpha value is -1.34. The number of amides is 2. The zero-order chi connectivity index (χ0) is 15.4. The first kappa shape index (κ1) is 16.0. The van der Waals surface area contributed by atoms with E-state index in [-0.39, 0.29) is 16.8 Å². The maximum absolute atomic E-state index is 11.8. The average Bonchev–Trinajstić information content (AvgIpc) is 2.58. The van der Waals surface area contributed by atoms with Crippen molar-refractivity contribution in [3.8, 4) is 0 Å². The van der Waals surface area contributed by atoms with Crippen molar-refractivity contribution in [1.29, 1.82) is 0 Å². The number of hydrogen-bond donors (Lipinski definition) is 2. The fourth-order valence-electron chi connectivity index (χ4n) is 2.42. The molecule has 21 heavy (non-hydrogen) atoms. The molecule has 0 aliphatic heterocycles. The molecule has 0 aromatic carbocycles. The van der Waals surface area contributed by atoms with E-state index in [2.05, 4.69) is 5.32 Å². The second-order valence-electron chi connectivity index (χ2n) is 4.96. The third-order valence-corrected chi connectivity index (χ3v) is 5.35. The average molecular weight is 326 g/mol. The first-order valence-electron chi connectivity index (χ1n) is 6.86. The van der Waals surface area contributed by atoms with Crippen molar-refractivity contribution in [2.24, 2.45) is 5.73 Å². The Morgan fingerprint density at radius 2 is 1.95 bits per heavy atom. The van der Waals surface area contributed by atoms with E-state index in [0.29, 0.717) is 10.6 Å². The quantitative estimate of drug-likeness (QED) is 0.831. The minimum absolute atomic E-state index is 0.0517. The number of carbonyl (C=O) groups is 3. The Labute approximate surface area is 131 Å². The highest BCUT2D eigenvalue weighted by Gasteiger charge is 2.24. The van der Waals surface area contributed by atoms with Crippen LogP contribution in [0.2, 0.25) is 0 Å². The molecule has 2 amide bonds. The number of primary amides is 1. The van der Waals surface area contributed by atoms with Gasteiger partial charge in [-0.3, -0.25) is 14.4 Å². The number of hydrogen-bond acceptors (Lipinski definition) is 5. The normalized spacial score (nSPS) is 14.1. The lowest BCUT2D eigenvalue weighted by Crippen LogP contribution is -2.19. The van der Waals surface area contributed by atoms with E-state index >= 15 is 0 Å². The smallest absolute Gasteiger partial charge is 0.251 e. The van der Waals surface area contributed by atoms with Gasteiger partial charge >= 0.3 is 0 Å². The van der Waals surface area contributed by atoms with Gasteiger partial charge in [0, 0.05) is 11.8 Å². The highest BCUT2D eigenvalue weighted by atomic mass is 32.2.